The first-order valence-electron chi connectivity index (χ1n) is 17.7. The molecule has 0 nitrogen and oxygen atoms in total. The third kappa shape index (κ3) is 16.9. The summed E-state index contributed by atoms with van der Waals surface area (Å²) in [6.07, 6.45) is 15.1. The van der Waals surface area contributed by atoms with Crippen LogP contribution in [0.3, 0.4) is 0 Å². The van der Waals surface area contributed by atoms with Gasteiger partial charge in [-0.05, 0) is 69.0 Å². The van der Waals surface area contributed by atoms with E-state index in [2.05, 4.69) is 167 Å². The van der Waals surface area contributed by atoms with E-state index >= 15 is 0 Å². The van der Waals surface area contributed by atoms with Crippen molar-refractivity contribution in [2.45, 2.75) is 158 Å². The molecule has 0 spiro atoms. The lowest BCUT2D eigenvalue weighted by Crippen LogP contribution is -2.35. The molecule has 0 heteroatoms. The number of rotatable bonds is 2. The van der Waals surface area contributed by atoms with E-state index in [0.29, 0.717) is 0 Å². The van der Waals surface area contributed by atoms with E-state index in [1.54, 1.807) is 22.3 Å². The third-order valence-electron chi connectivity index (χ3n) is 7.29. The van der Waals surface area contributed by atoms with Crippen molar-refractivity contribution < 1.29 is 0 Å². The maximum Gasteiger partial charge on any atom is -0.0129 e. The molecule has 2 rings (SSSR count). The van der Waals surface area contributed by atoms with Gasteiger partial charge in [0, 0.05) is 0 Å². The summed E-state index contributed by atoms with van der Waals surface area (Å²) >= 11 is 0. The highest BCUT2D eigenvalue weighted by Crippen LogP contribution is 2.56. The molecule has 0 aliphatic heterocycles. The Labute approximate surface area is 284 Å². The van der Waals surface area contributed by atoms with E-state index in [1.807, 2.05) is 45.0 Å². The molecule has 0 amide bonds. The Hall–Kier alpha value is -2.08. The second-order valence-electron chi connectivity index (χ2n) is 18.3. The Bertz CT molecular complexity index is 1010. The molecule has 1 aromatic carbocycles. The fourth-order valence-corrected chi connectivity index (χ4v) is 6.80. The molecule has 0 saturated carbocycles. The van der Waals surface area contributed by atoms with Crippen LogP contribution in [-0.2, 0) is 0 Å². The molecule has 0 bridgehead atoms. The molecule has 1 aliphatic carbocycles. The Balaban J connectivity index is 0. The van der Waals surface area contributed by atoms with Gasteiger partial charge in [-0.2, -0.15) is 0 Å². The van der Waals surface area contributed by atoms with Gasteiger partial charge in [0.15, 0.2) is 0 Å². The van der Waals surface area contributed by atoms with Crippen LogP contribution in [0, 0.1) is 32.5 Å². The van der Waals surface area contributed by atoms with Crippen LogP contribution in [0.5, 0.6) is 0 Å². The van der Waals surface area contributed by atoms with E-state index in [-0.39, 0.29) is 32.5 Å². The van der Waals surface area contributed by atoms with Crippen LogP contribution in [0.4, 0.5) is 0 Å². The maximum atomic E-state index is 2.41. The Morgan fingerprint density at radius 2 is 0.756 bits per heavy atom. The monoisotopic (exact) mass is 619 g/mol. The molecule has 0 radical (unpaired) electrons. The van der Waals surface area contributed by atoms with Gasteiger partial charge in [-0.3, -0.25) is 0 Å². The van der Waals surface area contributed by atoms with Crippen molar-refractivity contribution in [3.63, 3.8) is 0 Å². The Morgan fingerprint density at radius 3 is 0.933 bits per heavy atom. The first-order valence-corrected chi connectivity index (χ1v) is 17.7. The highest BCUT2D eigenvalue weighted by Gasteiger charge is 2.43. The zero-order valence-electron chi connectivity index (χ0n) is 34.3. The molecule has 1 aromatic rings. The predicted octanol–water partition coefficient (Wildman–Crippen LogP) is 15.5. The van der Waals surface area contributed by atoms with Crippen LogP contribution in [-0.4, -0.2) is 0 Å². The van der Waals surface area contributed by atoms with E-state index in [9.17, 15) is 0 Å². The highest BCUT2D eigenvalue weighted by atomic mass is 14.5. The van der Waals surface area contributed by atoms with Crippen molar-refractivity contribution in [1.82, 2.24) is 0 Å². The van der Waals surface area contributed by atoms with E-state index in [0.717, 1.165) is 0 Å². The van der Waals surface area contributed by atoms with Crippen molar-refractivity contribution in [1.29, 1.82) is 0 Å². The van der Waals surface area contributed by atoms with Gasteiger partial charge < -0.3 is 0 Å². The van der Waals surface area contributed by atoms with Crippen LogP contribution < -0.4 is 0 Å². The van der Waals surface area contributed by atoms with Crippen LogP contribution in [0.2, 0.25) is 0 Å². The topological polar surface area (TPSA) is 0 Å². The summed E-state index contributed by atoms with van der Waals surface area (Å²) in [4.78, 5) is 0. The number of hydrogen-bond acceptors (Lipinski definition) is 0. The van der Waals surface area contributed by atoms with Crippen LogP contribution >= 0.6 is 0 Å². The maximum absolute atomic E-state index is 2.41. The zero-order valence-corrected chi connectivity index (χ0v) is 34.3. The van der Waals surface area contributed by atoms with E-state index < -0.39 is 0 Å². The SMILES string of the molecule is C1=CCCC=C1.CC.CC(C)(C)C(C(=C(C(C)(C)C)C(C)(C)C)C(C)(C)C)=C(C(C)(C)C)C(C)(C)C.CC=Cc1ccccc1. The molecule has 0 aromatic heterocycles. The summed E-state index contributed by atoms with van der Waals surface area (Å²) in [5.41, 5.74) is 8.21. The largest absolute Gasteiger partial charge is 0.0871 e. The predicted molar refractivity (Wildman–Crippen MR) is 211 cm³/mol. The molecule has 1 aliphatic rings. The second-order valence-corrected chi connectivity index (χ2v) is 18.3. The number of benzene rings is 1. The minimum Gasteiger partial charge on any atom is -0.0871 e. The number of allylic oxidation sites excluding steroid dienone is 9. The van der Waals surface area contributed by atoms with Crippen LogP contribution in [0.15, 0.2) is 83.0 Å². The van der Waals surface area contributed by atoms with Crippen molar-refractivity contribution >= 4 is 6.08 Å². The van der Waals surface area contributed by atoms with Crippen molar-refractivity contribution in [3.05, 3.63) is 88.6 Å². The van der Waals surface area contributed by atoms with Crippen LogP contribution in [0.25, 0.3) is 6.08 Å². The first-order chi connectivity index (χ1) is 20.2. The lowest BCUT2D eigenvalue weighted by molar-refractivity contribution is 0.310. The van der Waals surface area contributed by atoms with Gasteiger partial charge >= 0.3 is 0 Å². The molecule has 0 atom stereocenters. The smallest absolute Gasteiger partial charge is 0.0129 e. The van der Waals surface area contributed by atoms with Gasteiger partial charge in [-0.15, -0.1) is 0 Å². The number of hydrogen-bond donors (Lipinski definition) is 0. The lowest BCUT2D eigenvalue weighted by atomic mass is 9.57. The van der Waals surface area contributed by atoms with Gasteiger partial charge in [-0.1, -0.05) is 216 Å². The Kier molecular flexibility index (Phi) is 18.3. The first kappa shape index (κ1) is 45.0. The molecule has 45 heavy (non-hydrogen) atoms. The molecule has 0 fully saturated rings. The molecule has 0 N–H and O–H groups in total. The summed E-state index contributed by atoms with van der Waals surface area (Å²) < 4.78 is 0. The fraction of sp³-hybridized carbons (Fsp3) is 0.644. The summed E-state index contributed by atoms with van der Waals surface area (Å²) in [7, 11) is 0. The molecule has 0 saturated heterocycles. The molecule has 258 valence electrons. The quantitative estimate of drug-likeness (QED) is 0.289. The van der Waals surface area contributed by atoms with Crippen LogP contribution in [0.1, 0.15) is 164 Å². The average Bonchev–Trinajstić information content (AvgIpc) is 2.85. The minimum absolute atomic E-state index is 0.0697. The third-order valence-corrected chi connectivity index (χ3v) is 7.29. The van der Waals surface area contributed by atoms with E-state index in [4.69, 9.17) is 0 Å². The summed E-state index contributed by atoms with van der Waals surface area (Å²) in [5, 5.41) is 0. The minimum atomic E-state index is 0.0697. The normalized spacial score (nSPS) is 13.9. The molecular weight excluding hydrogens is 540 g/mol. The van der Waals surface area contributed by atoms with Gasteiger partial charge in [0.1, 0.15) is 0 Å². The van der Waals surface area contributed by atoms with Gasteiger partial charge in [0.05, 0.1) is 0 Å². The standard InChI is InChI=1S/C28H54.C9H10.C6H8.C2H6/c1-23(2,3)19(21(25(7,8)9)26(10,11)12)20(24(4,5)6)22(27(13,14)15)28(16,17)18;1-2-6-9-7-4-3-5-8-9;1-2-4-6-5-3-1;1-2/h1-18H3;2-8H,1H3;1-4H,5-6H2;1-2H3. The van der Waals surface area contributed by atoms with Gasteiger partial charge in [-0.25, -0.2) is 0 Å². The summed E-state index contributed by atoms with van der Waals surface area (Å²) in [5.74, 6) is 0. The van der Waals surface area contributed by atoms with Gasteiger partial charge in [0.25, 0.3) is 0 Å². The fourth-order valence-electron chi connectivity index (χ4n) is 6.80. The van der Waals surface area contributed by atoms with Gasteiger partial charge in [0.2, 0.25) is 0 Å². The zero-order chi connectivity index (χ0) is 36.1. The highest BCUT2D eigenvalue weighted by molar-refractivity contribution is 5.51. The average molecular weight is 619 g/mol. The van der Waals surface area contributed by atoms with Crippen molar-refractivity contribution in [2.24, 2.45) is 32.5 Å². The van der Waals surface area contributed by atoms with E-state index in [1.165, 1.54) is 18.4 Å². The molecule has 0 unspecified atom stereocenters. The summed E-state index contributed by atoms with van der Waals surface area (Å²) in [6.45, 7) is 49.2. The van der Waals surface area contributed by atoms with Crippen molar-refractivity contribution in [2.75, 3.05) is 0 Å². The Morgan fingerprint density at radius 1 is 0.467 bits per heavy atom. The lowest BCUT2D eigenvalue weighted by Gasteiger charge is -2.48. The van der Waals surface area contributed by atoms with Crippen molar-refractivity contribution in [3.8, 4) is 0 Å². The second kappa shape index (κ2) is 18.3. The molecular formula is C45H78. The summed E-state index contributed by atoms with van der Waals surface area (Å²) in [6, 6.07) is 10.3. The molecule has 0 heterocycles.